The van der Waals surface area contributed by atoms with Crippen molar-refractivity contribution in [2.45, 2.75) is 45.7 Å². The summed E-state index contributed by atoms with van der Waals surface area (Å²) in [5.41, 5.74) is 1.91. The molecule has 1 aliphatic heterocycles. The van der Waals surface area contributed by atoms with Crippen molar-refractivity contribution in [1.29, 1.82) is 0 Å². The number of hydrogen-bond donors (Lipinski definition) is 1. The first kappa shape index (κ1) is 13.6. The van der Waals surface area contributed by atoms with Crippen molar-refractivity contribution in [3.05, 3.63) is 35.4 Å². The number of carboxylic acids is 1. The Bertz CT molecular complexity index is 523. The second-order valence-electron chi connectivity index (χ2n) is 7.00. The Labute approximate surface area is 120 Å². The Hall–Kier alpha value is -1.35. The van der Waals surface area contributed by atoms with Crippen LogP contribution in [0.4, 0.5) is 0 Å². The van der Waals surface area contributed by atoms with E-state index in [0.29, 0.717) is 17.0 Å². The van der Waals surface area contributed by atoms with Crippen LogP contribution in [0.2, 0.25) is 0 Å². The van der Waals surface area contributed by atoms with E-state index in [-0.39, 0.29) is 0 Å². The lowest BCUT2D eigenvalue weighted by Gasteiger charge is -2.24. The van der Waals surface area contributed by atoms with E-state index in [1.807, 2.05) is 18.2 Å². The van der Waals surface area contributed by atoms with Gasteiger partial charge < -0.3 is 5.11 Å². The quantitative estimate of drug-likeness (QED) is 0.917. The summed E-state index contributed by atoms with van der Waals surface area (Å²) in [6, 6.07) is 8.07. The summed E-state index contributed by atoms with van der Waals surface area (Å²) in [6.07, 6.45) is 3.99. The predicted octanol–water partition coefficient (Wildman–Crippen LogP) is 3.40. The molecule has 3 nitrogen and oxygen atoms in total. The zero-order chi connectivity index (χ0) is 14.3. The van der Waals surface area contributed by atoms with Crippen LogP contribution in [0, 0.1) is 11.3 Å². The number of fused-ring (bicyclic) bond motifs is 1. The SMILES string of the molecule is CC1(C)CN(Cc2cccc(C(=O)O)c2)C2CCCC21. The summed E-state index contributed by atoms with van der Waals surface area (Å²) < 4.78 is 0. The number of carbonyl (C=O) groups is 1. The number of hydrogen-bond acceptors (Lipinski definition) is 2. The molecule has 0 bridgehead atoms. The van der Waals surface area contributed by atoms with Gasteiger partial charge in [-0.1, -0.05) is 32.4 Å². The second-order valence-corrected chi connectivity index (χ2v) is 7.00. The minimum Gasteiger partial charge on any atom is -0.478 e. The highest BCUT2D eigenvalue weighted by Gasteiger charge is 2.48. The zero-order valence-corrected chi connectivity index (χ0v) is 12.3. The van der Waals surface area contributed by atoms with E-state index in [0.717, 1.165) is 24.6 Å². The third kappa shape index (κ3) is 2.35. The maximum absolute atomic E-state index is 11.1. The van der Waals surface area contributed by atoms with Crippen LogP contribution in [0.25, 0.3) is 0 Å². The Kier molecular flexibility index (Phi) is 3.33. The average molecular weight is 273 g/mol. The van der Waals surface area contributed by atoms with E-state index in [2.05, 4.69) is 18.7 Å². The molecule has 0 aromatic heterocycles. The number of likely N-dealkylation sites (tertiary alicyclic amines) is 1. The third-order valence-corrected chi connectivity index (χ3v) is 5.12. The lowest BCUT2D eigenvalue weighted by molar-refractivity contribution is 0.0696. The maximum atomic E-state index is 11.1. The molecule has 0 radical (unpaired) electrons. The van der Waals surface area contributed by atoms with Crippen LogP contribution in [0.3, 0.4) is 0 Å². The van der Waals surface area contributed by atoms with Crippen molar-refractivity contribution < 1.29 is 9.90 Å². The molecule has 2 aliphatic rings. The molecule has 1 N–H and O–H groups in total. The van der Waals surface area contributed by atoms with Crippen LogP contribution in [-0.4, -0.2) is 28.6 Å². The predicted molar refractivity (Wildman–Crippen MR) is 78.7 cm³/mol. The molecule has 2 fully saturated rings. The molecule has 1 aromatic rings. The molecule has 20 heavy (non-hydrogen) atoms. The Balaban J connectivity index is 1.78. The topological polar surface area (TPSA) is 40.5 Å². The summed E-state index contributed by atoms with van der Waals surface area (Å²) in [5, 5.41) is 9.09. The molecule has 1 aliphatic carbocycles. The third-order valence-electron chi connectivity index (χ3n) is 5.12. The van der Waals surface area contributed by atoms with E-state index in [9.17, 15) is 4.79 Å². The Morgan fingerprint density at radius 1 is 1.40 bits per heavy atom. The van der Waals surface area contributed by atoms with Gasteiger partial charge in [0.05, 0.1) is 5.56 Å². The fourth-order valence-corrected chi connectivity index (χ4v) is 4.26. The van der Waals surface area contributed by atoms with Crippen molar-refractivity contribution in [2.75, 3.05) is 6.54 Å². The number of rotatable bonds is 3. The summed E-state index contributed by atoms with van der Waals surface area (Å²) in [5.74, 6) is -0.0301. The van der Waals surface area contributed by atoms with E-state index in [1.54, 1.807) is 6.07 Å². The van der Waals surface area contributed by atoms with Crippen molar-refractivity contribution in [2.24, 2.45) is 11.3 Å². The Morgan fingerprint density at radius 2 is 2.20 bits per heavy atom. The number of benzene rings is 1. The number of aromatic carboxylic acids is 1. The summed E-state index contributed by atoms with van der Waals surface area (Å²) in [7, 11) is 0. The van der Waals surface area contributed by atoms with Gasteiger partial charge in [0.15, 0.2) is 0 Å². The van der Waals surface area contributed by atoms with Gasteiger partial charge in [-0.25, -0.2) is 4.79 Å². The fourth-order valence-electron chi connectivity index (χ4n) is 4.26. The lowest BCUT2D eigenvalue weighted by atomic mass is 9.80. The van der Waals surface area contributed by atoms with Gasteiger partial charge >= 0.3 is 5.97 Å². The van der Waals surface area contributed by atoms with Gasteiger partial charge in [-0.2, -0.15) is 0 Å². The van der Waals surface area contributed by atoms with Crippen molar-refractivity contribution in [1.82, 2.24) is 4.90 Å². The summed E-state index contributed by atoms with van der Waals surface area (Å²) in [4.78, 5) is 13.6. The lowest BCUT2D eigenvalue weighted by Crippen LogP contribution is -2.29. The monoisotopic (exact) mass is 273 g/mol. The van der Waals surface area contributed by atoms with E-state index in [4.69, 9.17) is 5.11 Å². The van der Waals surface area contributed by atoms with Gasteiger partial charge in [0.25, 0.3) is 0 Å². The molecule has 108 valence electrons. The minimum atomic E-state index is -0.840. The zero-order valence-electron chi connectivity index (χ0n) is 12.3. The Morgan fingerprint density at radius 3 is 2.95 bits per heavy atom. The first-order valence-electron chi connectivity index (χ1n) is 7.54. The largest absolute Gasteiger partial charge is 0.478 e. The molecule has 1 saturated heterocycles. The molecule has 1 saturated carbocycles. The van der Waals surface area contributed by atoms with Gasteiger partial charge in [0.1, 0.15) is 0 Å². The highest BCUT2D eigenvalue weighted by atomic mass is 16.4. The smallest absolute Gasteiger partial charge is 0.335 e. The molecule has 2 unspecified atom stereocenters. The average Bonchev–Trinajstić information content (AvgIpc) is 2.95. The van der Waals surface area contributed by atoms with E-state index < -0.39 is 5.97 Å². The normalized spacial score (nSPS) is 28.5. The van der Waals surface area contributed by atoms with Crippen LogP contribution < -0.4 is 0 Å². The second kappa shape index (κ2) is 4.88. The first-order chi connectivity index (χ1) is 9.47. The summed E-state index contributed by atoms with van der Waals surface area (Å²) >= 11 is 0. The molecule has 3 rings (SSSR count). The highest BCUT2D eigenvalue weighted by molar-refractivity contribution is 5.87. The van der Waals surface area contributed by atoms with Gasteiger partial charge in [-0.15, -0.1) is 0 Å². The van der Waals surface area contributed by atoms with Gasteiger partial charge in [0, 0.05) is 19.1 Å². The van der Waals surface area contributed by atoms with Crippen molar-refractivity contribution in [3.63, 3.8) is 0 Å². The van der Waals surface area contributed by atoms with Crippen LogP contribution in [0.1, 0.15) is 49.0 Å². The highest BCUT2D eigenvalue weighted by Crippen LogP contribution is 2.48. The van der Waals surface area contributed by atoms with Gasteiger partial charge in [0.2, 0.25) is 0 Å². The molecule has 0 amide bonds. The van der Waals surface area contributed by atoms with Crippen LogP contribution in [0.5, 0.6) is 0 Å². The summed E-state index contributed by atoms with van der Waals surface area (Å²) in [6.45, 7) is 6.76. The fraction of sp³-hybridized carbons (Fsp3) is 0.588. The molecule has 1 heterocycles. The molecule has 1 aromatic carbocycles. The maximum Gasteiger partial charge on any atom is 0.335 e. The first-order valence-corrected chi connectivity index (χ1v) is 7.54. The van der Waals surface area contributed by atoms with Crippen molar-refractivity contribution in [3.8, 4) is 0 Å². The minimum absolute atomic E-state index is 0.393. The van der Waals surface area contributed by atoms with E-state index >= 15 is 0 Å². The molecule has 2 atom stereocenters. The molecule has 3 heteroatoms. The number of nitrogens with zero attached hydrogens (tertiary/aromatic N) is 1. The van der Waals surface area contributed by atoms with Crippen LogP contribution in [-0.2, 0) is 6.54 Å². The van der Waals surface area contributed by atoms with Gasteiger partial charge in [-0.3, -0.25) is 4.90 Å². The standard InChI is InChI=1S/C17H23NO2/c1-17(2)11-18(15-8-4-7-14(15)17)10-12-5-3-6-13(9-12)16(19)20/h3,5-6,9,14-15H,4,7-8,10-11H2,1-2H3,(H,19,20). The van der Waals surface area contributed by atoms with Crippen LogP contribution >= 0.6 is 0 Å². The molecular formula is C17H23NO2. The molecule has 0 spiro atoms. The van der Waals surface area contributed by atoms with Crippen LogP contribution in [0.15, 0.2) is 24.3 Å². The van der Waals surface area contributed by atoms with Crippen molar-refractivity contribution >= 4 is 5.97 Å². The molecular weight excluding hydrogens is 250 g/mol. The number of carboxylic acid groups (broad SMARTS) is 1. The van der Waals surface area contributed by atoms with E-state index in [1.165, 1.54) is 19.3 Å². The van der Waals surface area contributed by atoms with Gasteiger partial charge in [-0.05, 0) is 41.9 Å².